The minimum atomic E-state index is -1.26. The fraction of sp³-hybridized carbons (Fsp3) is 0.429. The van der Waals surface area contributed by atoms with Crippen LogP contribution in [-0.2, 0) is 9.53 Å². The monoisotopic (exact) mass is 315 g/mol. The van der Waals surface area contributed by atoms with Gasteiger partial charge >= 0.3 is 12.1 Å². The third-order valence-electron chi connectivity index (χ3n) is 2.38. The smallest absolute Gasteiger partial charge is 0.412 e. The lowest BCUT2D eigenvalue weighted by molar-refractivity contribution is -0.139. The van der Waals surface area contributed by atoms with E-state index in [4.69, 9.17) is 21.4 Å². The molecular weight excluding hydrogens is 298 g/mol. The van der Waals surface area contributed by atoms with Gasteiger partial charge in [-0.05, 0) is 32.9 Å². The highest BCUT2D eigenvalue weighted by molar-refractivity contribution is 6.31. The molecule has 0 aliphatic heterocycles. The van der Waals surface area contributed by atoms with Crippen LogP contribution in [0.25, 0.3) is 0 Å². The van der Waals surface area contributed by atoms with Crippen molar-refractivity contribution in [2.45, 2.75) is 38.9 Å². The molecule has 7 heteroatoms. The van der Waals surface area contributed by atoms with E-state index in [1.54, 1.807) is 20.8 Å². The molecule has 0 aromatic heterocycles. The number of rotatable bonds is 4. The van der Waals surface area contributed by atoms with Crippen LogP contribution in [0.15, 0.2) is 18.2 Å². The number of hydrogen-bond acceptors (Lipinski definition) is 4. The van der Waals surface area contributed by atoms with Crippen molar-refractivity contribution in [2.24, 2.45) is 0 Å². The highest BCUT2D eigenvalue weighted by Gasteiger charge is 2.20. The first kappa shape index (κ1) is 17.3. The maximum atomic E-state index is 11.8. The summed E-state index contributed by atoms with van der Waals surface area (Å²) in [4.78, 5) is 22.4. The molecule has 0 heterocycles. The zero-order valence-corrected chi connectivity index (χ0v) is 12.8. The Balaban J connectivity index is 2.97. The molecule has 1 aromatic rings. The first-order chi connectivity index (χ1) is 9.58. The van der Waals surface area contributed by atoms with Gasteiger partial charge in [-0.15, -0.1) is 0 Å². The van der Waals surface area contributed by atoms with Gasteiger partial charge in [0.1, 0.15) is 5.60 Å². The van der Waals surface area contributed by atoms with Gasteiger partial charge in [0.05, 0.1) is 18.2 Å². The molecule has 116 valence electrons. The van der Waals surface area contributed by atoms with Crippen molar-refractivity contribution in [3.8, 4) is 0 Å². The zero-order valence-electron chi connectivity index (χ0n) is 12.0. The Bertz CT molecular complexity index is 539. The first-order valence-corrected chi connectivity index (χ1v) is 6.65. The number of nitrogens with one attached hydrogen (secondary N) is 1. The normalized spacial score (nSPS) is 12.6. The van der Waals surface area contributed by atoms with Crippen molar-refractivity contribution in [1.82, 2.24) is 0 Å². The number of aliphatic hydroxyl groups excluding tert-OH is 1. The van der Waals surface area contributed by atoms with Gasteiger partial charge in [-0.2, -0.15) is 0 Å². The van der Waals surface area contributed by atoms with Crippen molar-refractivity contribution >= 4 is 29.4 Å². The summed E-state index contributed by atoms with van der Waals surface area (Å²) in [5, 5.41) is 21.4. The van der Waals surface area contributed by atoms with E-state index < -0.39 is 30.2 Å². The number of aliphatic carboxylic acids is 1. The largest absolute Gasteiger partial charge is 0.481 e. The molecule has 0 radical (unpaired) electrons. The fourth-order valence-corrected chi connectivity index (χ4v) is 1.79. The zero-order chi connectivity index (χ0) is 16.2. The number of halogens is 1. The Morgan fingerprint density at radius 3 is 2.52 bits per heavy atom. The van der Waals surface area contributed by atoms with E-state index in [0.29, 0.717) is 5.02 Å². The van der Waals surface area contributed by atoms with Gasteiger partial charge in [0.2, 0.25) is 0 Å². The second kappa shape index (κ2) is 6.78. The molecule has 1 rings (SSSR count). The van der Waals surface area contributed by atoms with Crippen LogP contribution in [0.2, 0.25) is 5.02 Å². The molecule has 1 amide bonds. The number of carboxylic acid groups (broad SMARTS) is 1. The minimum Gasteiger partial charge on any atom is -0.481 e. The summed E-state index contributed by atoms with van der Waals surface area (Å²) in [5.74, 6) is -1.15. The standard InChI is InChI=1S/C14H18ClNO5/c1-14(2,3)21-13(20)16-10-6-8(15)4-5-9(10)11(17)7-12(18)19/h4-6,11,17H,7H2,1-3H3,(H,16,20)(H,18,19). The van der Waals surface area contributed by atoms with Crippen LogP contribution in [0.5, 0.6) is 0 Å². The van der Waals surface area contributed by atoms with Gasteiger partial charge < -0.3 is 14.9 Å². The molecule has 1 unspecified atom stereocenters. The summed E-state index contributed by atoms with van der Waals surface area (Å²) >= 11 is 5.85. The van der Waals surface area contributed by atoms with Gasteiger partial charge in [0.25, 0.3) is 0 Å². The Labute approximate surface area is 127 Å². The number of carboxylic acids is 1. The highest BCUT2D eigenvalue weighted by Crippen LogP contribution is 2.28. The Morgan fingerprint density at radius 1 is 1.38 bits per heavy atom. The second-order valence-electron chi connectivity index (χ2n) is 5.47. The third-order valence-corrected chi connectivity index (χ3v) is 2.61. The van der Waals surface area contributed by atoms with Gasteiger partial charge in [0.15, 0.2) is 0 Å². The lowest BCUT2D eigenvalue weighted by Gasteiger charge is -2.21. The maximum absolute atomic E-state index is 11.8. The lowest BCUT2D eigenvalue weighted by atomic mass is 10.0. The topological polar surface area (TPSA) is 95.9 Å². The molecule has 0 spiro atoms. The van der Waals surface area contributed by atoms with Gasteiger partial charge in [-0.1, -0.05) is 17.7 Å². The average molecular weight is 316 g/mol. The van der Waals surface area contributed by atoms with Crippen LogP contribution < -0.4 is 5.32 Å². The van der Waals surface area contributed by atoms with Crippen molar-refractivity contribution in [3.05, 3.63) is 28.8 Å². The summed E-state index contributed by atoms with van der Waals surface area (Å²) in [7, 11) is 0. The molecule has 1 atom stereocenters. The molecule has 0 saturated heterocycles. The second-order valence-corrected chi connectivity index (χ2v) is 5.91. The number of carbonyl (C=O) groups excluding carboxylic acids is 1. The molecular formula is C14H18ClNO5. The van der Waals surface area contributed by atoms with Crippen LogP contribution in [0, 0.1) is 0 Å². The predicted molar refractivity (Wildman–Crippen MR) is 78.5 cm³/mol. The average Bonchev–Trinajstić information content (AvgIpc) is 2.24. The Kier molecular flexibility index (Phi) is 5.57. The van der Waals surface area contributed by atoms with E-state index in [1.807, 2.05) is 0 Å². The number of carbonyl (C=O) groups is 2. The van der Waals surface area contributed by atoms with E-state index in [-0.39, 0.29) is 11.3 Å². The molecule has 0 fully saturated rings. The predicted octanol–water partition coefficient (Wildman–Crippen LogP) is 3.20. The van der Waals surface area contributed by atoms with E-state index in [2.05, 4.69) is 5.32 Å². The SMILES string of the molecule is CC(C)(C)OC(=O)Nc1cc(Cl)ccc1C(O)CC(=O)O. The van der Waals surface area contributed by atoms with E-state index in [1.165, 1.54) is 18.2 Å². The molecule has 3 N–H and O–H groups in total. The molecule has 0 saturated carbocycles. The minimum absolute atomic E-state index is 0.213. The van der Waals surface area contributed by atoms with Crippen molar-refractivity contribution in [1.29, 1.82) is 0 Å². The van der Waals surface area contributed by atoms with E-state index >= 15 is 0 Å². The summed E-state index contributed by atoms with van der Waals surface area (Å²) < 4.78 is 5.11. The van der Waals surface area contributed by atoms with Crippen LogP contribution in [-0.4, -0.2) is 27.9 Å². The molecule has 6 nitrogen and oxygen atoms in total. The van der Waals surface area contributed by atoms with Gasteiger partial charge in [-0.3, -0.25) is 10.1 Å². The summed E-state index contributed by atoms with van der Waals surface area (Å²) in [6, 6.07) is 4.39. The fourth-order valence-electron chi connectivity index (χ4n) is 1.62. The van der Waals surface area contributed by atoms with Crippen LogP contribution in [0.4, 0.5) is 10.5 Å². The van der Waals surface area contributed by atoms with E-state index in [9.17, 15) is 14.7 Å². The molecule has 21 heavy (non-hydrogen) atoms. The number of amides is 1. The molecule has 1 aromatic carbocycles. The van der Waals surface area contributed by atoms with Crippen LogP contribution >= 0.6 is 11.6 Å². The highest BCUT2D eigenvalue weighted by atomic mass is 35.5. The first-order valence-electron chi connectivity index (χ1n) is 6.28. The molecule has 0 aliphatic carbocycles. The van der Waals surface area contributed by atoms with Crippen LogP contribution in [0.3, 0.4) is 0 Å². The number of benzene rings is 1. The van der Waals surface area contributed by atoms with Gasteiger partial charge in [-0.25, -0.2) is 4.79 Å². The van der Waals surface area contributed by atoms with E-state index in [0.717, 1.165) is 0 Å². The lowest BCUT2D eigenvalue weighted by Crippen LogP contribution is -2.27. The van der Waals surface area contributed by atoms with Crippen molar-refractivity contribution < 1.29 is 24.5 Å². The summed E-state index contributed by atoms with van der Waals surface area (Å²) in [5.41, 5.74) is -0.208. The number of aliphatic hydroxyl groups is 1. The van der Waals surface area contributed by atoms with Crippen LogP contribution in [0.1, 0.15) is 38.9 Å². The summed E-state index contributed by atoms with van der Waals surface area (Å²) in [6.45, 7) is 5.14. The number of anilines is 1. The molecule has 0 aliphatic rings. The third kappa shape index (κ3) is 6.01. The maximum Gasteiger partial charge on any atom is 0.412 e. The van der Waals surface area contributed by atoms with Crippen molar-refractivity contribution in [2.75, 3.05) is 5.32 Å². The Morgan fingerprint density at radius 2 is 2.00 bits per heavy atom. The Hall–Kier alpha value is -1.79. The quantitative estimate of drug-likeness (QED) is 0.793. The van der Waals surface area contributed by atoms with Gasteiger partial charge in [0, 0.05) is 10.6 Å². The summed E-state index contributed by atoms with van der Waals surface area (Å²) in [6.07, 6.45) is -2.46. The molecule has 0 bridgehead atoms. The number of hydrogen-bond donors (Lipinski definition) is 3. The van der Waals surface area contributed by atoms with Crippen molar-refractivity contribution in [3.63, 3.8) is 0 Å². The number of ether oxygens (including phenoxy) is 1.